The van der Waals surface area contributed by atoms with E-state index in [2.05, 4.69) is 159 Å². The van der Waals surface area contributed by atoms with E-state index in [1.807, 2.05) is 0 Å². The van der Waals surface area contributed by atoms with Gasteiger partial charge in [-0.1, -0.05) is 135 Å². The van der Waals surface area contributed by atoms with Gasteiger partial charge in [-0.15, -0.1) is 0 Å². The standard InChI is InChI=1S/C43H30/c1-43(2)40-14-8-7-12-36(40)37-22-20-32(26-41(37)43)39-25-33-18-17-31-24-30(29-16-15-27-9-3-4-10-28(27)23-29)19-21-34(31)42(33)38-13-6-5-11-35(38)39/h3-26H,1-2H3. The second-order valence-corrected chi connectivity index (χ2v) is 12.6. The van der Waals surface area contributed by atoms with Crippen molar-refractivity contribution in [1.29, 1.82) is 0 Å². The van der Waals surface area contributed by atoms with Gasteiger partial charge in [-0.3, -0.25) is 0 Å². The summed E-state index contributed by atoms with van der Waals surface area (Å²) in [4.78, 5) is 0. The first kappa shape index (κ1) is 24.4. The predicted octanol–water partition coefficient (Wildman–Crippen LogP) is 11.9. The summed E-state index contributed by atoms with van der Waals surface area (Å²) < 4.78 is 0. The van der Waals surface area contributed by atoms with Crippen LogP contribution in [-0.2, 0) is 5.41 Å². The maximum absolute atomic E-state index is 2.44. The van der Waals surface area contributed by atoms with Gasteiger partial charge in [0.05, 0.1) is 0 Å². The Hall–Kier alpha value is -5.20. The molecule has 8 aromatic rings. The minimum atomic E-state index is -0.0203. The zero-order valence-electron chi connectivity index (χ0n) is 24.4. The molecule has 8 aromatic carbocycles. The fourth-order valence-electron chi connectivity index (χ4n) is 7.60. The van der Waals surface area contributed by atoms with Crippen molar-refractivity contribution in [3.63, 3.8) is 0 Å². The first-order chi connectivity index (χ1) is 21.1. The summed E-state index contributed by atoms with van der Waals surface area (Å²) in [6.07, 6.45) is 0. The van der Waals surface area contributed by atoms with Crippen molar-refractivity contribution < 1.29 is 0 Å². The Morgan fingerprint density at radius 2 is 0.977 bits per heavy atom. The highest BCUT2D eigenvalue weighted by Gasteiger charge is 2.35. The van der Waals surface area contributed by atoms with E-state index in [0.29, 0.717) is 0 Å². The van der Waals surface area contributed by atoms with Gasteiger partial charge >= 0.3 is 0 Å². The molecule has 0 heteroatoms. The monoisotopic (exact) mass is 546 g/mol. The van der Waals surface area contributed by atoms with Crippen molar-refractivity contribution in [2.45, 2.75) is 19.3 Å². The highest BCUT2D eigenvalue weighted by Crippen LogP contribution is 2.50. The molecule has 0 N–H and O–H groups in total. The SMILES string of the molecule is CC1(C)c2ccccc2-c2ccc(-c3cc4ccc5cc(-c6ccc7ccccc7c6)ccc5c4c4ccccc34)cc21. The van der Waals surface area contributed by atoms with Crippen molar-refractivity contribution in [3.8, 4) is 33.4 Å². The van der Waals surface area contributed by atoms with Crippen LogP contribution in [0.1, 0.15) is 25.0 Å². The first-order valence-electron chi connectivity index (χ1n) is 15.2. The molecule has 0 aromatic heterocycles. The van der Waals surface area contributed by atoms with Crippen LogP contribution in [0.4, 0.5) is 0 Å². The number of benzene rings is 8. The van der Waals surface area contributed by atoms with Gasteiger partial charge in [0.1, 0.15) is 0 Å². The van der Waals surface area contributed by atoms with Crippen molar-refractivity contribution in [2.75, 3.05) is 0 Å². The lowest BCUT2D eigenvalue weighted by atomic mass is 9.81. The minimum Gasteiger partial charge on any atom is -0.0619 e. The molecule has 0 atom stereocenters. The molecule has 0 aliphatic heterocycles. The molecule has 202 valence electrons. The van der Waals surface area contributed by atoms with Gasteiger partial charge in [-0.25, -0.2) is 0 Å². The molecule has 0 fully saturated rings. The molecule has 0 bridgehead atoms. The largest absolute Gasteiger partial charge is 0.0619 e. The average Bonchev–Trinajstić information content (AvgIpc) is 3.29. The van der Waals surface area contributed by atoms with Crippen LogP contribution in [-0.4, -0.2) is 0 Å². The molecule has 43 heavy (non-hydrogen) atoms. The molecule has 9 rings (SSSR count). The van der Waals surface area contributed by atoms with E-state index < -0.39 is 0 Å². The van der Waals surface area contributed by atoms with E-state index in [9.17, 15) is 0 Å². The summed E-state index contributed by atoms with van der Waals surface area (Å²) in [5.41, 5.74) is 10.6. The fraction of sp³-hybridized carbons (Fsp3) is 0.0698. The molecule has 0 amide bonds. The van der Waals surface area contributed by atoms with Gasteiger partial charge in [0.15, 0.2) is 0 Å². The Kier molecular flexibility index (Phi) is 5.05. The number of fused-ring (bicyclic) bond motifs is 9. The Bertz CT molecular complexity index is 2420. The van der Waals surface area contributed by atoms with Crippen LogP contribution in [0.2, 0.25) is 0 Å². The number of hydrogen-bond acceptors (Lipinski definition) is 0. The fourth-order valence-corrected chi connectivity index (χ4v) is 7.60. The quantitative estimate of drug-likeness (QED) is 0.189. The summed E-state index contributed by atoms with van der Waals surface area (Å²) in [6.45, 7) is 4.72. The van der Waals surface area contributed by atoms with Gasteiger partial charge in [0.2, 0.25) is 0 Å². The molecule has 0 heterocycles. The number of hydrogen-bond donors (Lipinski definition) is 0. The highest BCUT2D eigenvalue weighted by molar-refractivity contribution is 6.23. The van der Waals surface area contributed by atoms with Crippen molar-refractivity contribution in [1.82, 2.24) is 0 Å². The molecule has 0 radical (unpaired) electrons. The summed E-state index contributed by atoms with van der Waals surface area (Å²) in [7, 11) is 0. The molecule has 0 saturated carbocycles. The van der Waals surface area contributed by atoms with Gasteiger partial charge < -0.3 is 0 Å². The topological polar surface area (TPSA) is 0 Å². The minimum absolute atomic E-state index is 0.0203. The lowest BCUT2D eigenvalue weighted by Gasteiger charge is -2.22. The third-order valence-corrected chi connectivity index (χ3v) is 9.82. The molecular weight excluding hydrogens is 516 g/mol. The third kappa shape index (κ3) is 3.57. The average molecular weight is 547 g/mol. The lowest BCUT2D eigenvalue weighted by Crippen LogP contribution is -2.14. The molecule has 1 aliphatic rings. The molecule has 0 saturated heterocycles. The van der Waals surface area contributed by atoms with Crippen molar-refractivity contribution in [3.05, 3.63) is 157 Å². The van der Waals surface area contributed by atoms with Gasteiger partial charge in [-0.05, 0) is 112 Å². The van der Waals surface area contributed by atoms with Crippen LogP contribution in [0.5, 0.6) is 0 Å². The second kappa shape index (κ2) is 8.90. The molecule has 0 nitrogen and oxygen atoms in total. The predicted molar refractivity (Wildman–Crippen MR) is 185 cm³/mol. The normalized spacial score (nSPS) is 13.5. The summed E-state index contributed by atoms with van der Waals surface area (Å²) in [5, 5.41) is 10.3. The lowest BCUT2D eigenvalue weighted by molar-refractivity contribution is 0.660. The zero-order chi connectivity index (χ0) is 28.7. The summed E-state index contributed by atoms with van der Waals surface area (Å²) >= 11 is 0. The van der Waals surface area contributed by atoms with E-state index in [1.165, 1.54) is 87.6 Å². The van der Waals surface area contributed by atoms with Gasteiger partial charge in [0, 0.05) is 5.41 Å². The van der Waals surface area contributed by atoms with Crippen molar-refractivity contribution >= 4 is 43.1 Å². The van der Waals surface area contributed by atoms with Crippen molar-refractivity contribution in [2.24, 2.45) is 0 Å². The van der Waals surface area contributed by atoms with E-state index in [-0.39, 0.29) is 5.41 Å². The Morgan fingerprint density at radius 3 is 1.86 bits per heavy atom. The molecule has 0 spiro atoms. The van der Waals surface area contributed by atoms with Crippen LogP contribution in [0.25, 0.3) is 76.5 Å². The highest BCUT2D eigenvalue weighted by atomic mass is 14.4. The molecular formula is C43H30. The number of rotatable bonds is 2. The van der Waals surface area contributed by atoms with Gasteiger partial charge in [0.25, 0.3) is 0 Å². The maximum atomic E-state index is 2.44. The Morgan fingerprint density at radius 1 is 0.349 bits per heavy atom. The van der Waals surface area contributed by atoms with Gasteiger partial charge in [-0.2, -0.15) is 0 Å². The van der Waals surface area contributed by atoms with E-state index >= 15 is 0 Å². The van der Waals surface area contributed by atoms with Crippen LogP contribution in [0.3, 0.4) is 0 Å². The Balaban J connectivity index is 1.23. The van der Waals surface area contributed by atoms with Crippen LogP contribution in [0.15, 0.2) is 146 Å². The van der Waals surface area contributed by atoms with E-state index in [1.54, 1.807) is 0 Å². The molecule has 0 unspecified atom stereocenters. The summed E-state index contributed by atoms with van der Waals surface area (Å²) in [6, 6.07) is 54.2. The smallest absolute Gasteiger partial charge is 0.0159 e. The molecule has 1 aliphatic carbocycles. The van der Waals surface area contributed by atoms with Crippen LogP contribution in [0, 0.1) is 0 Å². The van der Waals surface area contributed by atoms with Crippen LogP contribution >= 0.6 is 0 Å². The summed E-state index contributed by atoms with van der Waals surface area (Å²) in [5.74, 6) is 0. The third-order valence-electron chi connectivity index (χ3n) is 9.82. The Labute approximate surface area is 251 Å². The first-order valence-corrected chi connectivity index (χ1v) is 15.2. The van der Waals surface area contributed by atoms with Crippen LogP contribution < -0.4 is 0 Å². The zero-order valence-corrected chi connectivity index (χ0v) is 24.4. The van der Waals surface area contributed by atoms with E-state index in [0.717, 1.165) is 0 Å². The maximum Gasteiger partial charge on any atom is 0.0159 e. The van der Waals surface area contributed by atoms with E-state index in [4.69, 9.17) is 0 Å². The second-order valence-electron chi connectivity index (χ2n) is 12.6.